The van der Waals surface area contributed by atoms with Crippen molar-refractivity contribution in [3.05, 3.63) is 0 Å². The summed E-state index contributed by atoms with van der Waals surface area (Å²) in [7, 11) is 2.23. The maximum absolute atomic E-state index is 5.36. The summed E-state index contributed by atoms with van der Waals surface area (Å²) in [6, 6.07) is 0.736. The summed E-state index contributed by atoms with van der Waals surface area (Å²) in [6.07, 6.45) is 2.39. The molecule has 0 aromatic heterocycles. The first kappa shape index (κ1) is 12.9. The summed E-state index contributed by atoms with van der Waals surface area (Å²) in [5, 5.41) is 3.48. The molecule has 0 aromatic carbocycles. The van der Waals surface area contributed by atoms with E-state index < -0.39 is 0 Å². The molecule has 1 N–H and O–H groups in total. The summed E-state index contributed by atoms with van der Waals surface area (Å²) < 4.78 is 5.36. The van der Waals surface area contributed by atoms with Crippen LogP contribution in [-0.4, -0.2) is 50.8 Å². The molecule has 15 heavy (non-hydrogen) atoms. The van der Waals surface area contributed by atoms with Crippen LogP contribution in [0.15, 0.2) is 0 Å². The fourth-order valence-electron chi connectivity index (χ4n) is 1.95. The Bertz CT molecular complexity index is 156. The first-order valence-corrected chi connectivity index (χ1v) is 6.19. The summed E-state index contributed by atoms with van der Waals surface area (Å²) in [6.45, 7) is 9.75. The fraction of sp³-hybridized carbons (Fsp3) is 1.00. The number of hydrogen-bond acceptors (Lipinski definition) is 3. The third-order valence-electron chi connectivity index (χ3n) is 3.01. The largest absolute Gasteiger partial charge is 0.381 e. The van der Waals surface area contributed by atoms with Gasteiger partial charge >= 0.3 is 0 Å². The van der Waals surface area contributed by atoms with E-state index in [1.54, 1.807) is 0 Å². The molecule has 1 saturated heterocycles. The van der Waals surface area contributed by atoms with Crippen molar-refractivity contribution in [2.24, 2.45) is 5.92 Å². The third kappa shape index (κ3) is 5.50. The van der Waals surface area contributed by atoms with Gasteiger partial charge in [0.05, 0.1) is 0 Å². The van der Waals surface area contributed by atoms with Crippen molar-refractivity contribution >= 4 is 0 Å². The van der Waals surface area contributed by atoms with Gasteiger partial charge in [-0.15, -0.1) is 0 Å². The molecule has 1 aliphatic rings. The number of hydrogen-bond donors (Lipinski definition) is 1. The van der Waals surface area contributed by atoms with E-state index in [-0.39, 0.29) is 0 Å². The third-order valence-corrected chi connectivity index (χ3v) is 3.01. The van der Waals surface area contributed by atoms with E-state index in [4.69, 9.17) is 4.74 Å². The summed E-state index contributed by atoms with van der Waals surface area (Å²) >= 11 is 0. The van der Waals surface area contributed by atoms with Crippen LogP contribution in [0.2, 0.25) is 0 Å². The quantitative estimate of drug-likeness (QED) is 0.675. The highest BCUT2D eigenvalue weighted by molar-refractivity contribution is 4.72. The van der Waals surface area contributed by atoms with Crippen molar-refractivity contribution in [2.45, 2.75) is 32.7 Å². The van der Waals surface area contributed by atoms with Crippen LogP contribution in [0.4, 0.5) is 0 Å². The molecule has 1 heterocycles. The van der Waals surface area contributed by atoms with Gasteiger partial charge in [-0.3, -0.25) is 0 Å². The normalized spacial score (nSPS) is 19.0. The van der Waals surface area contributed by atoms with Crippen molar-refractivity contribution in [1.82, 2.24) is 10.2 Å². The minimum Gasteiger partial charge on any atom is -0.381 e. The number of likely N-dealkylation sites (N-methyl/N-ethyl adjacent to an activating group) is 1. The van der Waals surface area contributed by atoms with Crippen LogP contribution in [0.1, 0.15) is 26.7 Å². The average molecular weight is 214 g/mol. The Morgan fingerprint density at radius 3 is 2.60 bits per heavy atom. The molecule has 0 atom stereocenters. The lowest BCUT2D eigenvalue weighted by molar-refractivity contribution is 0.0434. The minimum atomic E-state index is 0.736. The smallest absolute Gasteiger partial charge is 0.0480 e. The molecule has 1 fully saturated rings. The highest BCUT2D eigenvalue weighted by Crippen LogP contribution is 2.11. The molecule has 0 radical (unpaired) electrons. The van der Waals surface area contributed by atoms with E-state index in [1.165, 1.54) is 12.8 Å². The molecule has 1 aliphatic heterocycles. The topological polar surface area (TPSA) is 24.5 Å². The highest BCUT2D eigenvalue weighted by atomic mass is 16.5. The zero-order valence-electron chi connectivity index (χ0n) is 10.5. The molecule has 90 valence electrons. The van der Waals surface area contributed by atoms with Gasteiger partial charge in [-0.1, -0.05) is 13.8 Å². The second-order valence-corrected chi connectivity index (χ2v) is 4.92. The second-order valence-electron chi connectivity index (χ2n) is 4.92. The first-order chi connectivity index (χ1) is 7.20. The fourth-order valence-corrected chi connectivity index (χ4v) is 1.95. The number of nitrogens with zero attached hydrogens (tertiary/aromatic N) is 1. The monoisotopic (exact) mass is 214 g/mol. The van der Waals surface area contributed by atoms with Gasteiger partial charge < -0.3 is 15.0 Å². The Morgan fingerprint density at radius 2 is 2.00 bits per heavy atom. The maximum Gasteiger partial charge on any atom is 0.0480 e. The van der Waals surface area contributed by atoms with E-state index in [9.17, 15) is 0 Å². The predicted octanol–water partition coefficient (Wildman–Crippen LogP) is 1.34. The lowest BCUT2D eigenvalue weighted by Crippen LogP contribution is -2.40. The van der Waals surface area contributed by atoms with E-state index in [0.29, 0.717) is 0 Å². The van der Waals surface area contributed by atoms with Crippen LogP contribution >= 0.6 is 0 Å². The van der Waals surface area contributed by atoms with Crippen LogP contribution in [0, 0.1) is 5.92 Å². The number of rotatable bonds is 6. The standard InChI is InChI=1S/C12H26N2O/c1-11(2)10-13-6-7-14(3)12-4-8-15-9-5-12/h11-13H,4-10H2,1-3H3. The van der Waals surface area contributed by atoms with Gasteiger partial charge in [0, 0.05) is 32.3 Å². The van der Waals surface area contributed by atoms with E-state index >= 15 is 0 Å². The molecule has 0 bridgehead atoms. The molecule has 0 aliphatic carbocycles. The van der Waals surface area contributed by atoms with Gasteiger partial charge in [0.15, 0.2) is 0 Å². The molecule has 0 amide bonds. The van der Waals surface area contributed by atoms with Crippen LogP contribution in [0.25, 0.3) is 0 Å². The van der Waals surface area contributed by atoms with E-state index in [2.05, 4.69) is 31.1 Å². The van der Waals surface area contributed by atoms with Crippen molar-refractivity contribution in [3.63, 3.8) is 0 Å². The Kier molecular flexibility index (Phi) is 6.22. The van der Waals surface area contributed by atoms with Crippen molar-refractivity contribution < 1.29 is 4.74 Å². The first-order valence-electron chi connectivity index (χ1n) is 6.19. The van der Waals surface area contributed by atoms with Crippen LogP contribution in [0.3, 0.4) is 0 Å². The van der Waals surface area contributed by atoms with Crippen LogP contribution in [-0.2, 0) is 4.74 Å². The zero-order chi connectivity index (χ0) is 11.1. The minimum absolute atomic E-state index is 0.736. The van der Waals surface area contributed by atoms with Gasteiger partial charge in [0.2, 0.25) is 0 Å². The molecule has 3 nitrogen and oxygen atoms in total. The second kappa shape index (κ2) is 7.20. The van der Waals surface area contributed by atoms with Gasteiger partial charge in [0.25, 0.3) is 0 Å². The van der Waals surface area contributed by atoms with Crippen molar-refractivity contribution in [2.75, 3.05) is 39.9 Å². The molecule has 1 rings (SSSR count). The molecule has 3 heteroatoms. The van der Waals surface area contributed by atoms with E-state index in [1.807, 2.05) is 0 Å². The van der Waals surface area contributed by atoms with Crippen LogP contribution in [0.5, 0.6) is 0 Å². The molecular weight excluding hydrogens is 188 g/mol. The van der Waals surface area contributed by atoms with Crippen molar-refractivity contribution in [1.29, 1.82) is 0 Å². The summed E-state index contributed by atoms with van der Waals surface area (Å²) in [4.78, 5) is 2.47. The van der Waals surface area contributed by atoms with Crippen molar-refractivity contribution in [3.8, 4) is 0 Å². The van der Waals surface area contributed by atoms with Gasteiger partial charge in [-0.25, -0.2) is 0 Å². The van der Waals surface area contributed by atoms with Crippen LogP contribution < -0.4 is 5.32 Å². The average Bonchev–Trinajstić information content (AvgIpc) is 2.25. The number of ether oxygens (including phenoxy) is 1. The Hall–Kier alpha value is -0.120. The molecular formula is C12H26N2O. The molecule has 0 spiro atoms. The Labute approximate surface area is 94.2 Å². The summed E-state index contributed by atoms with van der Waals surface area (Å²) in [5.74, 6) is 0.749. The Balaban J connectivity index is 2.04. The molecule has 0 unspecified atom stereocenters. The lowest BCUT2D eigenvalue weighted by Gasteiger charge is -2.31. The summed E-state index contributed by atoms with van der Waals surface area (Å²) in [5.41, 5.74) is 0. The Morgan fingerprint density at radius 1 is 1.33 bits per heavy atom. The zero-order valence-corrected chi connectivity index (χ0v) is 10.5. The van der Waals surface area contributed by atoms with Gasteiger partial charge in [-0.2, -0.15) is 0 Å². The van der Waals surface area contributed by atoms with Gasteiger partial charge in [0.1, 0.15) is 0 Å². The lowest BCUT2D eigenvalue weighted by atomic mass is 10.1. The predicted molar refractivity (Wildman–Crippen MR) is 64.2 cm³/mol. The SMILES string of the molecule is CC(C)CNCCN(C)C1CCOCC1. The molecule has 0 aromatic rings. The molecule has 0 saturated carbocycles. The van der Waals surface area contributed by atoms with Gasteiger partial charge in [-0.05, 0) is 32.4 Å². The maximum atomic E-state index is 5.36. The van der Waals surface area contributed by atoms with E-state index in [0.717, 1.165) is 44.8 Å². The number of nitrogens with one attached hydrogen (secondary N) is 1. The highest BCUT2D eigenvalue weighted by Gasteiger charge is 2.17.